The van der Waals surface area contributed by atoms with Crippen molar-refractivity contribution in [3.63, 3.8) is 0 Å². The zero-order valence-corrected chi connectivity index (χ0v) is 14.6. The van der Waals surface area contributed by atoms with Crippen molar-refractivity contribution in [2.24, 2.45) is 11.0 Å². The van der Waals surface area contributed by atoms with Crippen molar-refractivity contribution in [1.82, 2.24) is 5.01 Å². The van der Waals surface area contributed by atoms with Crippen LogP contribution in [0.1, 0.15) is 72.1 Å². The van der Waals surface area contributed by atoms with Gasteiger partial charge in [-0.15, -0.1) is 5.01 Å². The summed E-state index contributed by atoms with van der Waals surface area (Å²) in [5.41, 5.74) is 5.62. The van der Waals surface area contributed by atoms with E-state index in [4.69, 9.17) is 15.7 Å². The summed E-state index contributed by atoms with van der Waals surface area (Å²) in [5, 5.41) is 24.6. The molecule has 0 bridgehead atoms. The average Bonchev–Trinajstić information content (AvgIpc) is 2.54. The molecule has 0 aromatic rings. The van der Waals surface area contributed by atoms with Crippen LogP contribution < -0.4 is 5.73 Å². The standard InChI is InChI=1S/C15H32N4O4/c1-4-7-8-9-10-13(12-15(20)23-14(16)6-3)18(11-5-2)19(22)17-21/h13-14,21H,4-12,16H2,1-3H3. The third kappa shape index (κ3) is 9.22. The van der Waals surface area contributed by atoms with Gasteiger partial charge in [-0.25, -0.2) is 0 Å². The molecule has 0 aliphatic heterocycles. The Kier molecular flexibility index (Phi) is 12.0. The number of rotatable bonds is 13. The van der Waals surface area contributed by atoms with E-state index < -0.39 is 12.2 Å². The molecule has 23 heavy (non-hydrogen) atoms. The van der Waals surface area contributed by atoms with E-state index in [2.05, 4.69) is 12.2 Å². The number of nitrogens with two attached hydrogens (primary N) is 1. The van der Waals surface area contributed by atoms with Crippen LogP contribution in [0.25, 0.3) is 0 Å². The topological polar surface area (TPSA) is 114 Å². The van der Waals surface area contributed by atoms with Crippen LogP contribution in [0.5, 0.6) is 0 Å². The summed E-state index contributed by atoms with van der Waals surface area (Å²) in [7, 11) is 0. The van der Waals surface area contributed by atoms with Crippen molar-refractivity contribution in [3.05, 3.63) is 5.21 Å². The number of hydrogen-bond donors (Lipinski definition) is 2. The number of carbonyl (C=O) groups excluding carboxylic acids is 1. The van der Waals surface area contributed by atoms with Gasteiger partial charge in [0.05, 0.1) is 24.0 Å². The lowest BCUT2D eigenvalue weighted by Crippen LogP contribution is -2.43. The third-order valence-electron chi connectivity index (χ3n) is 3.65. The third-order valence-corrected chi connectivity index (χ3v) is 3.65. The highest BCUT2D eigenvalue weighted by Crippen LogP contribution is 2.16. The molecule has 2 atom stereocenters. The molecule has 0 saturated heterocycles. The Balaban J connectivity index is 4.85. The number of hydrogen-bond acceptors (Lipinski definition) is 5. The number of ether oxygens (including phenoxy) is 1. The van der Waals surface area contributed by atoms with Gasteiger partial charge >= 0.3 is 5.97 Å². The van der Waals surface area contributed by atoms with Crippen molar-refractivity contribution in [1.29, 1.82) is 0 Å². The Labute approximate surface area is 138 Å². The Hall–Kier alpha value is -1.57. The van der Waals surface area contributed by atoms with Gasteiger partial charge < -0.3 is 15.2 Å². The highest BCUT2D eigenvalue weighted by Gasteiger charge is 2.28. The van der Waals surface area contributed by atoms with E-state index in [1.807, 2.05) is 13.8 Å². The molecule has 0 spiro atoms. The van der Waals surface area contributed by atoms with E-state index in [-0.39, 0.29) is 17.4 Å². The minimum Gasteiger partial charge on any atom is -0.569 e. The quantitative estimate of drug-likeness (QED) is 0.134. The van der Waals surface area contributed by atoms with Gasteiger partial charge in [-0.2, -0.15) is 0 Å². The maximum absolute atomic E-state index is 12.0. The van der Waals surface area contributed by atoms with Crippen LogP contribution in [0.4, 0.5) is 0 Å². The first-order chi connectivity index (χ1) is 11.0. The summed E-state index contributed by atoms with van der Waals surface area (Å²) in [6.45, 7) is 6.26. The van der Waals surface area contributed by atoms with Gasteiger partial charge in [-0.3, -0.25) is 10.5 Å². The Morgan fingerprint density at radius 1 is 1.30 bits per heavy atom. The van der Waals surface area contributed by atoms with Crippen molar-refractivity contribution < 1.29 is 19.7 Å². The first-order valence-electron chi connectivity index (χ1n) is 8.53. The van der Waals surface area contributed by atoms with Gasteiger partial charge in [0.1, 0.15) is 0 Å². The molecule has 0 fully saturated rings. The van der Waals surface area contributed by atoms with Crippen molar-refractivity contribution in [3.8, 4) is 0 Å². The highest BCUT2D eigenvalue weighted by atomic mass is 16.6. The molecule has 0 radical (unpaired) electrons. The fourth-order valence-corrected chi connectivity index (χ4v) is 2.34. The molecule has 0 aliphatic rings. The maximum Gasteiger partial charge on any atom is 0.309 e. The molecule has 8 heteroatoms. The molecule has 2 unspecified atom stereocenters. The van der Waals surface area contributed by atoms with Crippen LogP contribution >= 0.6 is 0 Å². The number of hydrazine groups is 1. The highest BCUT2D eigenvalue weighted by molar-refractivity contribution is 5.70. The molecule has 0 aliphatic carbocycles. The number of unbranched alkanes of at least 4 members (excludes halogenated alkanes) is 3. The summed E-state index contributed by atoms with van der Waals surface area (Å²) in [4.78, 5) is 12.1. The van der Waals surface area contributed by atoms with E-state index in [1.165, 1.54) is 5.01 Å². The summed E-state index contributed by atoms with van der Waals surface area (Å²) in [5.74, 6) is -0.438. The first-order valence-corrected chi connectivity index (χ1v) is 8.53. The van der Waals surface area contributed by atoms with Crippen LogP contribution in [0.15, 0.2) is 5.28 Å². The van der Waals surface area contributed by atoms with Gasteiger partial charge in [-0.1, -0.05) is 46.5 Å². The van der Waals surface area contributed by atoms with E-state index in [1.54, 1.807) is 0 Å². The second-order valence-electron chi connectivity index (χ2n) is 5.65. The smallest absolute Gasteiger partial charge is 0.309 e. The molecule has 0 aromatic heterocycles. The predicted molar refractivity (Wildman–Crippen MR) is 86.4 cm³/mol. The second-order valence-corrected chi connectivity index (χ2v) is 5.65. The Morgan fingerprint density at radius 3 is 2.52 bits per heavy atom. The Bertz CT molecular complexity index is 352. The van der Waals surface area contributed by atoms with Gasteiger partial charge in [0.25, 0.3) is 0 Å². The van der Waals surface area contributed by atoms with E-state index in [0.717, 1.165) is 25.7 Å². The normalized spacial score (nSPS) is 14.3. The monoisotopic (exact) mass is 332 g/mol. The van der Waals surface area contributed by atoms with E-state index in [0.29, 0.717) is 25.8 Å². The molecule has 3 N–H and O–H groups in total. The van der Waals surface area contributed by atoms with Gasteiger partial charge in [-0.05, 0) is 19.3 Å². The van der Waals surface area contributed by atoms with Gasteiger partial charge in [0.2, 0.25) is 5.28 Å². The van der Waals surface area contributed by atoms with Crippen molar-refractivity contribution >= 4 is 5.97 Å². The van der Waals surface area contributed by atoms with E-state index >= 15 is 0 Å². The fraction of sp³-hybridized carbons (Fsp3) is 0.933. The molecule has 0 saturated carbocycles. The van der Waals surface area contributed by atoms with E-state index in [9.17, 15) is 10.0 Å². The predicted octanol–water partition coefficient (Wildman–Crippen LogP) is 2.93. The van der Waals surface area contributed by atoms with Gasteiger partial charge in [0.15, 0.2) is 6.23 Å². The molecule has 0 aromatic carbocycles. The minimum atomic E-state index is -0.631. The van der Waals surface area contributed by atoms with Crippen molar-refractivity contribution in [2.75, 3.05) is 6.54 Å². The summed E-state index contributed by atoms with van der Waals surface area (Å²) in [6.07, 6.45) is 5.45. The Morgan fingerprint density at radius 2 is 2.00 bits per heavy atom. The molecule has 136 valence electrons. The molecule has 0 rings (SSSR count). The van der Waals surface area contributed by atoms with Crippen LogP contribution in [-0.4, -0.2) is 40.0 Å². The van der Waals surface area contributed by atoms with Crippen LogP contribution in [0.3, 0.4) is 0 Å². The van der Waals surface area contributed by atoms with Crippen LogP contribution in [0, 0.1) is 5.21 Å². The summed E-state index contributed by atoms with van der Waals surface area (Å²) in [6, 6.07) is -0.364. The number of nitrogens with zero attached hydrogens (tertiary/aromatic N) is 3. The lowest BCUT2D eigenvalue weighted by atomic mass is 10.0. The summed E-state index contributed by atoms with van der Waals surface area (Å²) >= 11 is 0. The lowest BCUT2D eigenvalue weighted by Gasteiger charge is -2.26. The van der Waals surface area contributed by atoms with Gasteiger partial charge in [0, 0.05) is 0 Å². The zero-order chi connectivity index (χ0) is 17.7. The summed E-state index contributed by atoms with van der Waals surface area (Å²) < 4.78 is 5.10. The largest absolute Gasteiger partial charge is 0.569 e. The van der Waals surface area contributed by atoms with Crippen LogP contribution in [0.2, 0.25) is 0 Å². The fourth-order valence-electron chi connectivity index (χ4n) is 2.34. The average molecular weight is 332 g/mol. The maximum atomic E-state index is 12.0. The molecular weight excluding hydrogens is 300 g/mol. The SMILES string of the molecule is CCCCCCC(CC(=O)OC(N)CC)N(CCC)[N+]([O-])=NO. The van der Waals surface area contributed by atoms with Crippen molar-refractivity contribution in [2.45, 2.75) is 84.4 Å². The molecular formula is C15H32N4O4. The minimum absolute atomic E-state index is 0.0497. The second kappa shape index (κ2) is 12.9. The molecule has 0 amide bonds. The zero-order valence-electron chi connectivity index (χ0n) is 14.6. The molecule has 0 heterocycles. The number of esters is 1. The first kappa shape index (κ1) is 21.4. The molecule has 8 nitrogen and oxygen atoms in total. The lowest BCUT2D eigenvalue weighted by molar-refractivity contribution is -0.717. The number of carbonyl (C=O) groups is 1. The van der Waals surface area contributed by atoms with Crippen LogP contribution in [-0.2, 0) is 9.53 Å².